The van der Waals surface area contributed by atoms with E-state index in [1.54, 1.807) is 12.2 Å². The summed E-state index contributed by atoms with van der Waals surface area (Å²) < 4.78 is 11.7. The smallest absolute Gasteiger partial charge is 0.233 e. The maximum atomic E-state index is 11.7. The topological polar surface area (TPSA) is 41.1 Å². The number of hydrogen-bond acceptors (Lipinski definition) is 1. The Hall–Kier alpha value is -0.630. The fraction of sp³-hybridized carbons (Fsp3) is 0.250. The van der Waals surface area contributed by atoms with Gasteiger partial charge in [-0.3, -0.25) is 4.57 Å². The SMILES string of the molecule is C=CCNP(=O)(C=C)NCC=C. The van der Waals surface area contributed by atoms with Crippen molar-refractivity contribution in [3.63, 3.8) is 0 Å². The van der Waals surface area contributed by atoms with Crippen molar-refractivity contribution in [2.45, 2.75) is 0 Å². The Kier molecular flexibility index (Phi) is 5.64. The van der Waals surface area contributed by atoms with Gasteiger partial charge in [-0.1, -0.05) is 18.7 Å². The second kappa shape index (κ2) is 5.95. The van der Waals surface area contributed by atoms with Gasteiger partial charge in [0.05, 0.1) is 0 Å². The molecule has 0 aromatic heterocycles. The van der Waals surface area contributed by atoms with E-state index in [-0.39, 0.29) is 0 Å². The zero-order valence-corrected chi connectivity index (χ0v) is 8.02. The lowest BCUT2D eigenvalue weighted by Crippen LogP contribution is -2.21. The monoisotopic (exact) mass is 186 g/mol. The maximum Gasteiger partial charge on any atom is 0.233 e. The molecule has 3 nitrogen and oxygen atoms in total. The standard InChI is InChI=1S/C8H15N2OP/c1-4-7-9-12(11,6-3)10-8-5-2/h4-6H,1-3,7-8H2,(H2,9,10,11). The number of rotatable bonds is 7. The van der Waals surface area contributed by atoms with Crippen LogP contribution in [0, 0.1) is 0 Å². The van der Waals surface area contributed by atoms with E-state index in [1.165, 1.54) is 5.82 Å². The Balaban J connectivity index is 4.04. The van der Waals surface area contributed by atoms with Gasteiger partial charge >= 0.3 is 0 Å². The highest BCUT2D eigenvalue weighted by atomic mass is 31.2. The van der Waals surface area contributed by atoms with Crippen molar-refractivity contribution in [1.29, 1.82) is 0 Å². The molecule has 0 bridgehead atoms. The predicted octanol–water partition coefficient (Wildman–Crippen LogP) is 1.87. The second-order valence-electron chi connectivity index (χ2n) is 2.14. The van der Waals surface area contributed by atoms with Gasteiger partial charge in [0.2, 0.25) is 7.44 Å². The van der Waals surface area contributed by atoms with E-state index in [0.717, 1.165) is 0 Å². The third kappa shape index (κ3) is 4.29. The molecule has 0 saturated heterocycles. The molecule has 0 atom stereocenters. The van der Waals surface area contributed by atoms with Crippen molar-refractivity contribution in [2.24, 2.45) is 0 Å². The lowest BCUT2D eigenvalue weighted by atomic mass is 10.7. The van der Waals surface area contributed by atoms with Crippen molar-refractivity contribution >= 4 is 7.44 Å². The Morgan fingerprint density at radius 1 is 1.08 bits per heavy atom. The van der Waals surface area contributed by atoms with Gasteiger partial charge in [0.15, 0.2) is 0 Å². The molecule has 0 radical (unpaired) electrons. The Bertz CT molecular complexity index is 197. The van der Waals surface area contributed by atoms with Crippen LogP contribution >= 0.6 is 7.44 Å². The first-order valence-corrected chi connectivity index (χ1v) is 5.41. The predicted molar refractivity (Wildman–Crippen MR) is 54.2 cm³/mol. The van der Waals surface area contributed by atoms with Crippen molar-refractivity contribution < 1.29 is 4.57 Å². The lowest BCUT2D eigenvalue weighted by molar-refractivity contribution is 0.565. The molecule has 12 heavy (non-hydrogen) atoms. The summed E-state index contributed by atoms with van der Waals surface area (Å²) in [4.78, 5) is 0. The molecule has 0 unspecified atom stereocenters. The van der Waals surface area contributed by atoms with Gasteiger partial charge < -0.3 is 0 Å². The van der Waals surface area contributed by atoms with Gasteiger partial charge in [-0.2, -0.15) is 0 Å². The van der Waals surface area contributed by atoms with Gasteiger partial charge in [-0.15, -0.1) is 13.2 Å². The molecule has 0 saturated carbocycles. The van der Waals surface area contributed by atoms with E-state index in [9.17, 15) is 4.57 Å². The minimum atomic E-state index is -2.61. The first kappa shape index (κ1) is 11.4. The van der Waals surface area contributed by atoms with Crippen LogP contribution in [0.5, 0.6) is 0 Å². The minimum Gasteiger partial charge on any atom is -0.285 e. The minimum absolute atomic E-state index is 0.493. The van der Waals surface area contributed by atoms with E-state index >= 15 is 0 Å². The Morgan fingerprint density at radius 2 is 1.50 bits per heavy atom. The molecule has 0 heterocycles. The van der Waals surface area contributed by atoms with Crippen LogP contribution in [0.4, 0.5) is 0 Å². The molecular formula is C8H15N2OP. The first-order chi connectivity index (χ1) is 5.68. The molecule has 0 aromatic carbocycles. The molecule has 2 N–H and O–H groups in total. The maximum absolute atomic E-state index is 11.7. The van der Waals surface area contributed by atoms with Gasteiger partial charge in [0.1, 0.15) is 0 Å². The van der Waals surface area contributed by atoms with Crippen LogP contribution < -0.4 is 10.2 Å². The third-order valence-corrected chi connectivity index (χ3v) is 3.02. The lowest BCUT2D eigenvalue weighted by Gasteiger charge is -2.14. The summed E-state index contributed by atoms with van der Waals surface area (Å²) in [5.41, 5.74) is 0. The van der Waals surface area contributed by atoms with Gasteiger partial charge in [0.25, 0.3) is 0 Å². The van der Waals surface area contributed by atoms with Crippen LogP contribution in [0.25, 0.3) is 0 Å². The summed E-state index contributed by atoms with van der Waals surface area (Å²) in [5.74, 6) is 1.39. The average molecular weight is 186 g/mol. The highest BCUT2D eigenvalue weighted by Gasteiger charge is 2.12. The Labute approximate surface area is 73.7 Å². The molecule has 0 aliphatic heterocycles. The highest BCUT2D eigenvalue weighted by molar-refractivity contribution is 7.63. The van der Waals surface area contributed by atoms with Crippen molar-refractivity contribution in [1.82, 2.24) is 10.2 Å². The molecule has 0 amide bonds. The fourth-order valence-electron chi connectivity index (χ4n) is 0.585. The van der Waals surface area contributed by atoms with E-state index in [4.69, 9.17) is 0 Å². The summed E-state index contributed by atoms with van der Waals surface area (Å²) >= 11 is 0. The molecule has 0 aliphatic carbocycles. The molecule has 0 fully saturated rings. The average Bonchev–Trinajstić information content (AvgIpc) is 2.11. The zero-order valence-electron chi connectivity index (χ0n) is 7.12. The highest BCUT2D eigenvalue weighted by Crippen LogP contribution is 2.35. The van der Waals surface area contributed by atoms with Crippen LogP contribution in [0.1, 0.15) is 0 Å². The molecule has 68 valence electrons. The molecule has 0 spiro atoms. The summed E-state index contributed by atoms with van der Waals surface area (Å²) in [6.45, 7) is 11.5. The van der Waals surface area contributed by atoms with Gasteiger partial charge in [-0.25, -0.2) is 10.2 Å². The summed E-state index contributed by atoms with van der Waals surface area (Å²) in [7, 11) is -2.61. The van der Waals surface area contributed by atoms with E-state index in [2.05, 4.69) is 29.9 Å². The third-order valence-electron chi connectivity index (χ3n) is 1.20. The van der Waals surface area contributed by atoms with Crippen LogP contribution in [-0.4, -0.2) is 13.1 Å². The second-order valence-corrected chi connectivity index (χ2v) is 4.46. The fourth-order valence-corrected chi connectivity index (χ4v) is 1.76. The van der Waals surface area contributed by atoms with Crippen LogP contribution in [0.15, 0.2) is 37.7 Å². The summed E-state index contributed by atoms with van der Waals surface area (Å²) in [6.07, 6.45) is 3.29. The van der Waals surface area contributed by atoms with Crippen molar-refractivity contribution in [3.8, 4) is 0 Å². The number of hydrogen-bond donors (Lipinski definition) is 2. The normalized spacial score (nSPS) is 10.7. The zero-order chi connectivity index (χ0) is 9.45. The quantitative estimate of drug-likeness (QED) is 0.471. The van der Waals surface area contributed by atoms with E-state index in [1.807, 2.05) is 0 Å². The van der Waals surface area contributed by atoms with Crippen LogP contribution in [0.3, 0.4) is 0 Å². The molecule has 0 aliphatic rings. The van der Waals surface area contributed by atoms with Gasteiger partial charge in [-0.05, 0) is 5.82 Å². The van der Waals surface area contributed by atoms with Gasteiger partial charge in [0, 0.05) is 13.1 Å². The molecule has 4 heteroatoms. The molecule has 0 rings (SSSR count). The van der Waals surface area contributed by atoms with E-state index < -0.39 is 7.44 Å². The van der Waals surface area contributed by atoms with Crippen LogP contribution in [0.2, 0.25) is 0 Å². The van der Waals surface area contributed by atoms with Crippen LogP contribution in [-0.2, 0) is 4.57 Å². The molecular weight excluding hydrogens is 171 g/mol. The van der Waals surface area contributed by atoms with Crippen molar-refractivity contribution in [2.75, 3.05) is 13.1 Å². The molecule has 0 aromatic rings. The summed E-state index contributed by atoms with van der Waals surface area (Å²) in [6, 6.07) is 0. The largest absolute Gasteiger partial charge is 0.285 e. The van der Waals surface area contributed by atoms with Crippen molar-refractivity contribution in [3.05, 3.63) is 37.7 Å². The summed E-state index contributed by atoms with van der Waals surface area (Å²) in [5, 5.41) is 5.58. The first-order valence-electron chi connectivity index (χ1n) is 3.64. The number of nitrogens with one attached hydrogen (secondary N) is 2. The Morgan fingerprint density at radius 3 is 1.75 bits per heavy atom. The van der Waals surface area contributed by atoms with E-state index in [0.29, 0.717) is 13.1 Å².